The fourth-order valence-corrected chi connectivity index (χ4v) is 4.36. The minimum Gasteiger partial charge on any atom is -0.478 e. The van der Waals surface area contributed by atoms with E-state index in [0.717, 1.165) is 23.4 Å². The van der Waals surface area contributed by atoms with Gasteiger partial charge in [0.05, 0.1) is 17.9 Å². The van der Waals surface area contributed by atoms with Gasteiger partial charge in [0.25, 0.3) is 5.91 Å². The Balaban J connectivity index is 1.42. The molecule has 0 unspecified atom stereocenters. The van der Waals surface area contributed by atoms with Gasteiger partial charge in [-0.1, -0.05) is 30.3 Å². The summed E-state index contributed by atoms with van der Waals surface area (Å²) in [5, 5.41) is 16.1. The van der Waals surface area contributed by atoms with E-state index in [1.54, 1.807) is 11.6 Å². The molecule has 0 bridgehead atoms. The van der Waals surface area contributed by atoms with Gasteiger partial charge in [-0.3, -0.25) is 9.48 Å². The molecule has 0 radical (unpaired) electrons. The molecule has 1 aliphatic heterocycles. The van der Waals surface area contributed by atoms with Crippen LogP contribution in [0.1, 0.15) is 45.4 Å². The molecule has 3 heterocycles. The number of thiazole rings is 1. The molecular weight excluding hydrogens is 376 g/mol. The molecule has 4 rings (SSSR count). The second-order valence-electron chi connectivity index (χ2n) is 6.82. The molecule has 1 saturated heterocycles. The number of nitrogens with zero attached hydrogens (tertiary/aromatic N) is 4. The summed E-state index contributed by atoms with van der Waals surface area (Å²) in [7, 11) is 0. The van der Waals surface area contributed by atoms with Crippen LogP contribution in [-0.2, 0) is 0 Å². The van der Waals surface area contributed by atoms with Gasteiger partial charge in [0, 0.05) is 24.0 Å². The number of hydrogen-bond acceptors (Lipinski definition) is 5. The molecule has 1 N–H and O–H groups in total. The first-order chi connectivity index (χ1) is 13.5. The van der Waals surface area contributed by atoms with Crippen molar-refractivity contribution >= 4 is 23.2 Å². The van der Waals surface area contributed by atoms with Crippen LogP contribution in [0, 0.1) is 6.92 Å². The summed E-state index contributed by atoms with van der Waals surface area (Å²) in [6.07, 6.45) is 2.88. The lowest BCUT2D eigenvalue weighted by molar-refractivity contribution is 0.0683. The Labute approximate surface area is 166 Å². The molecule has 0 spiro atoms. The summed E-state index contributed by atoms with van der Waals surface area (Å²) in [4.78, 5) is 30.4. The molecule has 2 aromatic heterocycles. The Morgan fingerprint density at radius 3 is 2.54 bits per heavy atom. The zero-order valence-corrected chi connectivity index (χ0v) is 16.2. The van der Waals surface area contributed by atoms with Gasteiger partial charge in [-0.15, -0.1) is 11.3 Å². The summed E-state index contributed by atoms with van der Waals surface area (Å²) in [6, 6.07) is 9.93. The first-order valence-electron chi connectivity index (χ1n) is 9.12. The number of carboxylic acid groups (broad SMARTS) is 1. The van der Waals surface area contributed by atoms with Gasteiger partial charge in [-0.2, -0.15) is 5.10 Å². The van der Waals surface area contributed by atoms with E-state index in [4.69, 9.17) is 0 Å². The van der Waals surface area contributed by atoms with Crippen LogP contribution in [0.3, 0.4) is 0 Å². The highest BCUT2D eigenvalue weighted by atomic mass is 32.1. The number of carbonyl (C=O) groups is 2. The van der Waals surface area contributed by atoms with Gasteiger partial charge in [0.2, 0.25) is 0 Å². The van der Waals surface area contributed by atoms with Crippen LogP contribution in [0.4, 0.5) is 0 Å². The number of carboxylic acids is 1. The highest BCUT2D eigenvalue weighted by molar-refractivity contribution is 7.13. The van der Waals surface area contributed by atoms with Crippen molar-refractivity contribution in [3.63, 3.8) is 0 Å². The quantitative estimate of drug-likeness (QED) is 0.729. The molecule has 0 saturated carbocycles. The second-order valence-corrected chi connectivity index (χ2v) is 7.68. The van der Waals surface area contributed by atoms with E-state index in [2.05, 4.69) is 10.1 Å². The third kappa shape index (κ3) is 3.43. The Kier molecular flexibility index (Phi) is 4.95. The second kappa shape index (κ2) is 7.55. The number of hydrogen-bond donors (Lipinski definition) is 1. The maximum Gasteiger partial charge on any atom is 0.339 e. The fraction of sp³-hybridized carbons (Fsp3) is 0.300. The van der Waals surface area contributed by atoms with Crippen LogP contribution in [0.5, 0.6) is 0 Å². The van der Waals surface area contributed by atoms with Crippen LogP contribution < -0.4 is 0 Å². The Morgan fingerprint density at radius 1 is 1.18 bits per heavy atom. The van der Waals surface area contributed by atoms with Gasteiger partial charge in [-0.05, 0) is 19.8 Å². The first-order valence-corrected chi connectivity index (χ1v) is 10.00. The van der Waals surface area contributed by atoms with Crippen LogP contribution in [0.2, 0.25) is 0 Å². The average molecular weight is 396 g/mol. The lowest BCUT2D eigenvalue weighted by Crippen LogP contribution is -2.39. The molecule has 28 heavy (non-hydrogen) atoms. The maximum atomic E-state index is 12.8. The first kappa shape index (κ1) is 18.4. The number of rotatable bonds is 4. The molecule has 1 fully saturated rings. The summed E-state index contributed by atoms with van der Waals surface area (Å²) in [5.74, 6) is -1.02. The molecule has 0 atom stereocenters. The molecule has 8 heteroatoms. The molecule has 1 aromatic carbocycles. The SMILES string of the molecule is Cc1c(C(=O)O)cnn1C1CCN(C(=O)c2csc(-c3ccccc3)n2)CC1. The lowest BCUT2D eigenvalue weighted by Gasteiger charge is -2.32. The van der Waals surface area contributed by atoms with Crippen LogP contribution in [0.25, 0.3) is 10.6 Å². The highest BCUT2D eigenvalue weighted by Crippen LogP contribution is 2.27. The fourth-order valence-electron chi connectivity index (χ4n) is 3.56. The average Bonchev–Trinajstić information content (AvgIpc) is 3.35. The van der Waals surface area contributed by atoms with Gasteiger partial charge in [0.15, 0.2) is 0 Å². The zero-order valence-electron chi connectivity index (χ0n) is 15.4. The Morgan fingerprint density at radius 2 is 1.89 bits per heavy atom. The minimum atomic E-state index is -0.964. The summed E-state index contributed by atoms with van der Waals surface area (Å²) in [6.45, 7) is 2.97. The Hall–Kier alpha value is -3.00. The van der Waals surface area contributed by atoms with E-state index < -0.39 is 5.97 Å². The standard InChI is InChI=1S/C20H20N4O3S/c1-13-16(20(26)27)11-21-24(13)15-7-9-23(10-8-15)19(25)17-12-28-18(22-17)14-5-3-2-4-6-14/h2-6,11-12,15H,7-10H2,1H3,(H,26,27). The number of carbonyl (C=O) groups excluding carboxylic acids is 1. The predicted molar refractivity (Wildman–Crippen MR) is 106 cm³/mol. The van der Waals surface area contributed by atoms with E-state index in [1.165, 1.54) is 17.5 Å². The lowest BCUT2D eigenvalue weighted by atomic mass is 10.0. The smallest absolute Gasteiger partial charge is 0.339 e. The number of aromatic nitrogens is 3. The molecule has 1 amide bonds. The summed E-state index contributed by atoms with van der Waals surface area (Å²) >= 11 is 1.47. The number of likely N-dealkylation sites (tertiary alicyclic amines) is 1. The summed E-state index contributed by atoms with van der Waals surface area (Å²) in [5.41, 5.74) is 2.37. The van der Waals surface area contributed by atoms with Crippen molar-refractivity contribution in [2.45, 2.75) is 25.8 Å². The van der Waals surface area contributed by atoms with Crippen LogP contribution in [-0.4, -0.2) is 49.7 Å². The van der Waals surface area contributed by atoms with E-state index in [-0.39, 0.29) is 17.5 Å². The molecule has 3 aromatic rings. The van der Waals surface area contributed by atoms with Gasteiger partial charge in [-0.25, -0.2) is 9.78 Å². The maximum absolute atomic E-state index is 12.8. The summed E-state index contributed by atoms with van der Waals surface area (Å²) < 4.78 is 1.78. The van der Waals surface area contributed by atoms with E-state index >= 15 is 0 Å². The van der Waals surface area contributed by atoms with Gasteiger partial charge in [0.1, 0.15) is 16.3 Å². The zero-order chi connectivity index (χ0) is 19.7. The van der Waals surface area contributed by atoms with Crippen molar-refractivity contribution in [3.8, 4) is 10.6 Å². The van der Waals surface area contributed by atoms with Crippen molar-refractivity contribution in [3.05, 3.63) is 58.9 Å². The van der Waals surface area contributed by atoms with Crippen molar-refractivity contribution in [1.29, 1.82) is 0 Å². The third-order valence-electron chi connectivity index (χ3n) is 5.12. The van der Waals surface area contributed by atoms with E-state index in [1.807, 2.05) is 40.6 Å². The molecule has 0 aliphatic carbocycles. The molecular formula is C20H20N4O3S. The van der Waals surface area contributed by atoms with Crippen molar-refractivity contribution < 1.29 is 14.7 Å². The van der Waals surface area contributed by atoms with Crippen LogP contribution >= 0.6 is 11.3 Å². The molecule has 1 aliphatic rings. The van der Waals surface area contributed by atoms with Gasteiger partial charge >= 0.3 is 5.97 Å². The van der Waals surface area contributed by atoms with Crippen molar-refractivity contribution in [2.75, 3.05) is 13.1 Å². The minimum absolute atomic E-state index is 0.0553. The normalized spacial score (nSPS) is 15.0. The number of benzene rings is 1. The highest BCUT2D eigenvalue weighted by Gasteiger charge is 2.28. The Bertz CT molecular complexity index is 1000. The van der Waals surface area contributed by atoms with Gasteiger partial charge < -0.3 is 10.0 Å². The topological polar surface area (TPSA) is 88.3 Å². The number of amides is 1. The monoisotopic (exact) mass is 396 g/mol. The largest absolute Gasteiger partial charge is 0.478 e. The van der Waals surface area contributed by atoms with E-state index in [0.29, 0.717) is 24.5 Å². The van der Waals surface area contributed by atoms with Crippen molar-refractivity contribution in [1.82, 2.24) is 19.7 Å². The number of piperidine rings is 1. The molecule has 144 valence electrons. The van der Waals surface area contributed by atoms with Crippen LogP contribution in [0.15, 0.2) is 41.9 Å². The van der Waals surface area contributed by atoms with E-state index in [9.17, 15) is 14.7 Å². The van der Waals surface area contributed by atoms with Crippen molar-refractivity contribution in [2.24, 2.45) is 0 Å². The third-order valence-corrected chi connectivity index (χ3v) is 6.01. The number of aromatic carboxylic acids is 1. The predicted octanol–water partition coefficient (Wildman–Crippen LogP) is 3.49. The molecule has 7 nitrogen and oxygen atoms in total.